The summed E-state index contributed by atoms with van der Waals surface area (Å²) in [5.41, 5.74) is 7.80. The Balaban J connectivity index is 2.02. The highest BCUT2D eigenvalue weighted by molar-refractivity contribution is 6.30. The Morgan fingerprint density at radius 3 is 2.77 bits per heavy atom. The molecule has 0 saturated heterocycles. The van der Waals surface area contributed by atoms with Crippen LogP contribution in [-0.2, 0) is 5.54 Å². The number of hydrogen-bond donors (Lipinski definition) is 1. The summed E-state index contributed by atoms with van der Waals surface area (Å²) < 4.78 is 7.13. The Kier molecular flexibility index (Phi) is 3.41. The third-order valence-electron chi connectivity index (χ3n) is 3.69. The van der Waals surface area contributed by atoms with Crippen LogP contribution in [0.3, 0.4) is 0 Å². The summed E-state index contributed by atoms with van der Waals surface area (Å²) in [5.74, 6) is 0.954. The minimum atomic E-state index is -0.605. The van der Waals surface area contributed by atoms with Gasteiger partial charge in [0.1, 0.15) is 5.54 Å². The molecule has 114 valence electrons. The molecule has 22 heavy (non-hydrogen) atoms. The van der Waals surface area contributed by atoms with Gasteiger partial charge in [-0.05, 0) is 32.4 Å². The number of rotatable bonds is 3. The first-order valence-electron chi connectivity index (χ1n) is 6.80. The molecule has 0 unspecified atom stereocenters. The van der Waals surface area contributed by atoms with Gasteiger partial charge in [0, 0.05) is 17.4 Å². The van der Waals surface area contributed by atoms with Crippen molar-refractivity contribution in [2.75, 3.05) is 5.73 Å². The van der Waals surface area contributed by atoms with Crippen molar-refractivity contribution in [1.82, 2.24) is 19.9 Å². The zero-order valence-electron chi connectivity index (χ0n) is 12.5. The number of aromatic nitrogens is 4. The fourth-order valence-electron chi connectivity index (χ4n) is 2.18. The summed E-state index contributed by atoms with van der Waals surface area (Å²) in [6.45, 7) is 5.79. The predicted molar refractivity (Wildman–Crippen MR) is 84.5 cm³/mol. The monoisotopic (exact) mass is 317 g/mol. The maximum Gasteiger partial charge on any atom is 0.254 e. The van der Waals surface area contributed by atoms with Crippen LogP contribution in [0.25, 0.3) is 11.4 Å². The second-order valence-electron chi connectivity index (χ2n) is 5.61. The molecule has 2 heterocycles. The number of nitrogen functional groups attached to an aromatic ring is 1. The highest BCUT2D eigenvalue weighted by atomic mass is 35.5. The zero-order valence-corrected chi connectivity index (χ0v) is 13.3. The molecular formula is C15H16ClN5O. The smallest absolute Gasteiger partial charge is 0.254 e. The molecule has 0 bridgehead atoms. The van der Waals surface area contributed by atoms with E-state index < -0.39 is 5.54 Å². The average Bonchev–Trinajstić information content (AvgIpc) is 3.11. The van der Waals surface area contributed by atoms with Gasteiger partial charge in [-0.15, -0.1) is 0 Å². The number of nitrogens with zero attached hydrogens (tertiary/aromatic N) is 4. The van der Waals surface area contributed by atoms with Crippen LogP contribution in [0.2, 0.25) is 5.02 Å². The van der Waals surface area contributed by atoms with Gasteiger partial charge < -0.3 is 10.3 Å². The Morgan fingerprint density at radius 1 is 1.32 bits per heavy atom. The van der Waals surface area contributed by atoms with E-state index in [-0.39, 0.29) is 0 Å². The van der Waals surface area contributed by atoms with Crippen molar-refractivity contribution in [3.63, 3.8) is 0 Å². The van der Waals surface area contributed by atoms with Crippen LogP contribution >= 0.6 is 11.6 Å². The topological polar surface area (TPSA) is 82.8 Å². The summed E-state index contributed by atoms with van der Waals surface area (Å²) in [6.07, 6.45) is 3.29. The second-order valence-corrected chi connectivity index (χ2v) is 6.04. The number of benzene rings is 1. The molecule has 0 aliphatic heterocycles. The van der Waals surface area contributed by atoms with Gasteiger partial charge in [-0.2, -0.15) is 10.1 Å². The number of hydrogen-bond acceptors (Lipinski definition) is 5. The fraction of sp³-hybridized carbons (Fsp3) is 0.267. The SMILES string of the molecule is Cc1c(N)cccc1-c1noc(C(C)(C)n2cc(Cl)cn2)n1. The molecule has 3 rings (SSSR count). The van der Waals surface area contributed by atoms with Crippen molar-refractivity contribution >= 4 is 17.3 Å². The second kappa shape index (κ2) is 5.14. The molecule has 0 radical (unpaired) electrons. The molecule has 2 aromatic heterocycles. The Morgan fingerprint density at radius 2 is 2.09 bits per heavy atom. The summed E-state index contributed by atoms with van der Waals surface area (Å²) >= 11 is 5.93. The third-order valence-corrected chi connectivity index (χ3v) is 3.89. The van der Waals surface area contributed by atoms with Crippen LogP contribution in [0.1, 0.15) is 25.3 Å². The van der Waals surface area contributed by atoms with E-state index in [0.717, 1.165) is 11.1 Å². The lowest BCUT2D eigenvalue weighted by molar-refractivity contribution is 0.261. The van der Waals surface area contributed by atoms with Crippen molar-refractivity contribution in [3.8, 4) is 11.4 Å². The lowest BCUT2D eigenvalue weighted by Crippen LogP contribution is -2.28. The van der Waals surface area contributed by atoms with Gasteiger partial charge in [-0.3, -0.25) is 4.68 Å². The molecule has 0 saturated carbocycles. The molecular weight excluding hydrogens is 302 g/mol. The van der Waals surface area contributed by atoms with Crippen LogP contribution in [0.15, 0.2) is 35.1 Å². The van der Waals surface area contributed by atoms with E-state index in [1.165, 1.54) is 0 Å². The molecule has 0 aliphatic rings. The van der Waals surface area contributed by atoms with Crippen LogP contribution in [0.4, 0.5) is 5.69 Å². The average molecular weight is 318 g/mol. The Hall–Kier alpha value is -2.34. The van der Waals surface area contributed by atoms with Gasteiger partial charge in [0.15, 0.2) is 0 Å². The van der Waals surface area contributed by atoms with Gasteiger partial charge in [-0.25, -0.2) is 0 Å². The Bertz CT molecular complexity index is 821. The van der Waals surface area contributed by atoms with E-state index in [9.17, 15) is 0 Å². The minimum absolute atomic E-state index is 0.448. The molecule has 7 heteroatoms. The van der Waals surface area contributed by atoms with Crippen LogP contribution in [0.5, 0.6) is 0 Å². The lowest BCUT2D eigenvalue weighted by Gasteiger charge is -2.20. The van der Waals surface area contributed by atoms with Crippen molar-refractivity contribution in [2.24, 2.45) is 0 Å². The first kappa shape index (κ1) is 14.6. The molecule has 0 fully saturated rings. The molecule has 3 aromatic rings. The van der Waals surface area contributed by atoms with Crippen molar-refractivity contribution in [2.45, 2.75) is 26.3 Å². The van der Waals surface area contributed by atoms with E-state index >= 15 is 0 Å². The Labute approximate surface area is 132 Å². The van der Waals surface area contributed by atoms with Gasteiger partial charge in [0.05, 0.1) is 11.2 Å². The van der Waals surface area contributed by atoms with E-state index in [2.05, 4.69) is 15.2 Å². The van der Waals surface area contributed by atoms with Crippen molar-refractivity contribution < 1.29 is 4.52 Å². The molecule has 0 aliphatic carbocycles. The van der Waals surface area contributed by atoms with Crippen molar-refractivity contribution in [1.29, 1.82) is 0 Å². The summed E-state index contributed by atoms with van der Waals surface area (Å²) in [4.78, 5) is 4.50. The van der Waals surface area contributed by atoms with E-state index in [1.807, 2.05) is 39.0 Å². The maximum atomic E-state index is 5.93. The third kappa shape index (κ3) is 2.35. The van der Waals surface area contributed by atoms with E-state index in [1.54, 1.807) is 17.1 Å². The zero-order chi connectivity index (χ0) is 15.9. The lowest BCUT2D eigenvalue weighted by atomic mass is 10.1. The normalized spacial score (nSPS) is 11.8. The highest BCUT2D eigenvalue weighted by Gasteiger charge is 2.31. The van der Waals surface area contributed by atoms with Gasteiger partial charge in [-0.1, -0.05) is 28.9 Å². The largest absolute Gasteiger partial charge is 0.398 e. The first-order chi connectivity index (χ1) is 10.4. The van der Waals surface area contributed by atoms with E-state index in [0.29, 0.717) is 22.4 Å². The van der Waals surface area contributed by atoms with Gasteiger partial charge in [0.2, 0.25) is 5.82 Å². The van der Waals surface area contributed by atoms with Crippen LogP contribution in [0, 0.1) is 6.92 Å². The summed E-state index contributed by atoms with van der Waals surface area (Å²) in [6, 6.07) is 5.62. The number of halogens is 1. The molecule has 0 atom stereocenters. The summed E-state index contributed by atoms with van der Waals surface area (Å²) in [7, 11) is 0. The molecule has 0 spiro atoms. The highest BCUT2D eigenvalue weighted by Crippen LogP contribution is 2.29. The van der Waals surface area contributed by atoms with E-state index in [4.69, 9.17) is 21.9 Å². The van der Waals surface area contributed by atoms with Gasteiger partial charge >= 0.3 is 0 Å². The van der Waals surface area contributed by atoms with Crippen LogP contribution < -0.4 is 5.73 Å². The standard InChI is InChI=1S/C15H16ClN5O/c1-9-11(5-4-6-12(9)17)13-19-14(22-20-13)15(2,3)21-8-10(16)7-18-21/h4-8H,17H2,1-3H3. The summed E-state index contributed by atoms with van der Waals surface area (Å²) in [5, 5.41) is 8.84. The fourth-order valence-corrected chi connectivity index (χ4v) is 2.32. The molecule has 2 N–H and O–H groups in total. The number of anilines is 1. The minimum Gasteiger partial charge on any atom is -0.398 e. The molecule has 0 amide bonds. The number of nitrogens with two attached hydrogens (primary N) is 1. The maximum absolute atomic E-state index is 5.93. The predicted octanol–water partition coefficient (Wildman–Crippen LogP) is 3.26. The van der Waals surface area contributed by atoms with Crippen LogP contribution in [-0.4, -0.2) is 19.9 Å². The quantitative estimate of drug-likeness (QED) is 0.750. The molecule has 6 nitrogen and oxygen atoms in total. The molecule has 1 aromatic carbocycles. The van der Waals surface area contributed by atoms with Gasteiger partial charge in [0.25, 0.3) is 5.89 Å². The first-order valence-corrected chi connectivity index (χ1v) is 7.17. The van der Waals surface area contributed by atoms with Crippen molar-refractivity contribution in [3.05, 3.63) is 47.1 Å².